The molecule has 12 nitrogen and oxygen atoms in total. The molecule has 0 bridgehead atoms. The fourth-order valence-corrected chi connectivity index (χ4v) is 14.4. The SMILES string of the molecule is CC.CC.CC.CC.CC.CC.CC.CC.CC.CC.CC.CC.[Y].[Y].[Y].[Y].[Y].[Y].[c-]1ccc2cccnc2c1-c1[c-]c2cccnc2cc1.[c-]1ccc2cccnc2c1-c1[c-]c2ncccc2cc1.[c-]1ccc2ncccc2c1-c1[c-]c2ccccc2nc1.[c-]1ccc2ncccc2c1-c1[c-]c2cccnc2cc1.[c-]1ccc2ncccc2c1-c1[c-]c2ncccc2cc1.[c-]1cnc2ccccc2c1-c1[c-]c2ccccc2nc1. The summed E-state index contributed by atoms with van der Waals surface area (Å²) < 4.78 is 0. The summed E-state index contributed by atoms with van der Waals surface area (Å²) in [6, 6.07) is 136. The molecule has 24 rings (SSSR count). The molecule has 12 heterocycles. The first-order valence-electron chi connectivity index (χ1n) is 50.7. The number of para-hydroxylation sites is 3. The smallest absolute Gasteiger partial charge is 0.0247 e. The van der Waals surface area contributed by atoms with Crippen molar-refractivity contribution in [2.75, 3.05) is 0 Å². The molecular weight excluding hydrogens is 2290 g/mol. The predicted molar refractivity (Wildman–Crippen MR) is 617 cm³/mol. The van der Waals surface area contributed by atoms with Gasteiger partial charge in [-0.2, -0.15) is 155 Å². The van der Waals surface area contributed by atoms with Gasteiger partial charge in [0, 0.05) is 258 Å². The molecule has 12 aromatic heterocycles. The largest absolute Gasteiger partial charge is 0.346 e. The molecular formula is C132H132N12Y6-12. The number of nitrogens with zero attached hydrogens (tertiary/aromatic N) is 12. The first-order chi connectivity index (χ1) is 71.5. The monoisotopic (exact) mass is 2420 g/mol. The van der Waals surface area contributed by atoms with Gasteiger partial charge in [0.25, 0.3) is 0 Å². The molecule has 0 unspecified atom stereocenters. The Balaban J connectivity index is 0.000000857. The Morgan fingerprint density at radius 2 is 0.400 bits per heavy atom. The Bertz CT molecular complexity index is 6680. The van der Waals surface area contributed by atoms with Gasteiger partial charge in [0.15, 0.2) is 0 Å². The number of benzene rings is 12. The van der Waals surface area contributed by atoms with Crippen LogP contribution >= 0.6 is 0 Å². The van der Waals surface area contributed by atoms with Crippen LogP contribution in [-0.4, -0.2) is 59.8 Å². The summed E-state index contributed by atoms with van der Waals surface area (Å²) >= 11 is 0. The van der Waals surface area contributed by atoms with Gasteiger partial charge in [-0.3, -0.25) is 39.9 Å². The van der Waals surface area contributed by atoms with Crippen LogP contribution in [0.1, 0.15) is 166 Å². The van der Waals surface area contributed by atoms with Gasteiger partial charge in [-0.25, -0.2) is 38.9 Å². The molecule has 18 heteroatoms. The minimum Gasteiger partial charge on any atom is -0.346 e. The van der Waals surface area contributed by atoms with E-state index in [1.807, 2.05) is 421 Å². The number of hydrogen-bond donors (Lipinski definition) is 0. The van der Waals surface area contributed by atoms with Gasteiger partial charge in [0.2, 0.25) is 0 Å². The van der Waals surface area contributed by atoms with Crippen molar-refractivity contribution < 1.29 is 196 Å². The molecule has 0 saturated heterocycles. The van der Waals surface area contributed by atoms with E-state index in [1.54, 1.807) is 55.8 Å². The Labute approximate surface area is 1040 Å². The van der Waals surface area contributed by atoms with Crippen LogP contribution in [0.2, 0.25) is 0 Å². The van der Waals surface area contributed by atoms with Gasteiger partial charge in [0.1, 0.15) is 0 Å². The molecule has 6 radical (unpaired) electrons. The first kappa shape index (κ1) is 138. The zero-order valence-electron chi connectivity index (χ0n) is 91.5. The van der Waals surface area contributed by atoms with Crippen LogP contribution in [0.25, 0.3) is 198 Å². The van der Waals surface area contributed by atoms with Crippen LogP contribution in [-0.2, 0) is 196 Å². The van der Waals surface area contributed by atoms with E-state index in [0.29, 0.717) is 0 Å². The third-order valence-corrected chi connectivity index (χ3v) is 20.2. The van der Waals surface area contributed by atoms with Gasteiger partial charge >= 0.3 is 0 Å². The molecule has 0 saturated carbocycles. The van der Waals surface area contributed by atoms with E-state index in [-0.39, 0.29) is 196 Å². The molecule has 0 aliphatic carbocycles. The minimum atomic E-state index is 0. The molecule has 0 spiro atoms. The number of fused-ring (bicyclic) bond motifs is 12. The van der Waals surface area contributed by atoms with Crippen molar-refractivity contribution in [3.05, 3.63) is 438 Å². The molecule has 750 valence electrons. The fraction of sp³-hybridized carbons (Fsp3) is 0.182. The predicted octanol–water partition coefficient (Wildman–Crippen LogP) is 36.6. The number of pyridine rings is 12. The number of hydrogen-bond acceptors (Lipinski definition) is 12. The molecule has 0 aliphatic heterocycles. The summed E-state index contributed by atoms with van der Waals surface area (Å²) in [5.41, 5.74) is 23.2. The normalized spacial score (nSPS) is 9.28. The molecule has 0 aliphatic rings. The van der Waals surface area contributed by atoms with E-state index in [0.717, 1.165) is 198 Å². The van der Waals surface area contributed by atoms with Crippen molar-refractivity contribution in [1.29, 1.82) is 0 Å². The van der Waals surface area contributed by atoms with E-state index in [1.165, 1.54) is 0 Å². The average Bonchev–Trinajstić information content (AvgIpc) is 0.812. The van der Waals surface area contributed by atoms with Crippen LogP contribution in [0.5, 0.6) is 0 Å². The Hall–Kier alpha value is -9.82. The molecule has 150 heavy (non-hydrogen) atoms. The van der Waals surface area contributed by atoms with E-state index in [4.69, 9.17) is 0 Å². The van der Waals surface area contributed by atoms with Crippen LogP contribution in [0.15, 0.2) is 366 Å². The summed E-state index contributed by atoms with van der Waals surface area (Å²) in [4.78, 5) is 52.8. The Kier molecular flexibility index (Phi) is 73.8. The number of rotatable bonds is 6. The standard InChI is InChI=1S/6C18H10N2.12C2H6.6Y/c1-5-15(16-6-3-11-20-18(16)7-1)13-8-9-17-14(12-13)4-2-10-19-17;1-5-15(16-6-3-11-19-17(16)7-1)14-9-8-13-4-2-10-20-18(13)12-14;1-4-13-5-2-11-20-18(13)16(7-1)14-8-9-17-15(12-14)6-3-10-19-17;1-4-14-6-3-11-20-18(14)16(7-1)15-9-8-13-5-2-10-19-17(13)12-15;1-3-7-17-13(5-1)11-14(12-20-17)15-9-10-19-18-8-4-2-6-16(15)18;1-2-8-17-13(5-1)11-14(12-20-17)15-6-3-9-18-16(15)7-4-10-19-18;12*1-2;;;;;;/h2*1-4,6-11H;2*1-6,8-11H;1-8,10,12H;1-5,7-10,12H;12*1-2H3;;;;;;/q6*-2;;;;;;;;;;;;;;;;;;. The van der Waals surface area contributed by atoms with Crippen molar-refractivity contribution in [3.63, 3.8) is 0 Å². The zero-order chi connectivity index (χ0) is 104. The van der Waals surface area contributed by atoms with Gasteiger partial charge < -0.3 is 19.9 Å². The molecule has 12 aromatic carbocycles. The summed E-state index contributed by atoms with van der Waals surface area (Å²) in [5, 5.41) is 12.8. The minimum absolute atomic E-state index is 0. The van der Waals surface area contributed by atoms with Gasteiger partial charge in [-0.05, 0) is 79.6 Å². The molecule has 0 N–H and O–H groups in total. The maximum Gasteiger partial charge on any atom is 0.0247 e. The van der Waals surface area contributed by atoms with Crippen LogP contribution in [0.3, 0.4) is 0 Å². The van der Waals surface area contributed by atoms with Gasteiger partial charge in [0.05, 0.1) is 0 Å². The molecule has 0 fully saturated rings. The van der Waals surface area contributed by atoms with E-state index < -0.39 is 0 Å². The average molecular weight is 2420 g/mol. The van der Waals surface area contributed by atoms with E-state index in [2.05, 4.69) is 187 Å². The third-order valence-electron chi connectivity index (χ3n) is 20.2. The second-order valence-electron chi connectivity index (χ2n) is 27.6. The maximum atomic E-state index is 4.49. The third kappa shape index (κ3) is 38.4. The summed E-state index contributed by atoms with van der Waals surface area (Å²) in [6.07, 6.45) is 21.6. The number of aromatic nitrogens is 12. The van der Waals surface area contributed by atoms with E-state index in [9.17, 15) is 0 Å². The van der Waals surface area contributed by atoms with Crippen LogP contribution in [0.4, 0.5) is 0 Å². The molecule has 24 aromatic rings. The van der Waals surface area contributed by atoms with Crippen molar-refractivity contribution in [3.8, 4) is 66.8 Å². The Morgan fingerprint density at radius 1 is 0.160 bits per heavy atom. The summed E-state index contributed by atoms with van der Waals surface area (Å²) in [7, 11) is 0. The fourth-order valence-electron chi connectivity index (χ4n) is 14.4. The second kappa shape index (κ2) is 80.1. The maximum absolute atomic E-state index is 4.49. The van der Waals surface area contributed by atoms with Crippen molar-refractivity contribution in [2.24, 2.45) is 0 Å². The van der Waals surface area contributed by atoms with Crippen LogP contribution < -0.4 is 0 Å². The van der Waals surface area contributed by atoms with Crippen molar-refractivity contribution >= 4 is 131 Å². The zero-order valence-corrected chi connectivity index (χ0v) is 109. The molecule has 0 amide bonds. The first-order valence-corrected chi connectivity index (χ1v) is 50.7. The Morgan fingerprint density at radius 3 is 0.787 bits per heavy atom. The quantitative estimate of drug-likeness (QED) is 0.146. The van der Waals surface area contributed by atoms with Crippen LogP contribution in [0, 0.1) is 72.8 Å². The second-order valence-corrected chi connectivity index (χ2v) is 27.6. The summed E-state index contributed by atoms with van der Waals surface area (Å²) in [6.45, 7) is 48.0. The topological polar surface area (TPSA) is 155 Å². The van der Waals surface area contributed by atoms with Gasteiger partial charge in [-0.1, -0.05) is 321 Å². The van der Waals surface area contributed by atoms with Crippen molar-refractivity contribution in [2.45, 2.75) is 166 Å². The molecule has 0 atom stereocenters. The van der Waals surface area contributed by atoms with Crippen molar-refractivity contribution in [1.82, 2.24) is 59.8 Å². The van der Waals surface area contributed by atoms with E-state index >= 15 is 0 Å². The summed E-state index contributed by atoms with van der Waals surface area (Å²) in [5.74, 6) is 0. The van der Waals surface area contributed by atoms with Gasteiger partial charge in [-0.15, -0.1) is 146 Å².